The number of carbonyl (C=O) groups is 2. The summed E-state index contributed by atoms with van der Waals surface area (Å²) in [5.74, 6) is 0.0964. The van der Waals surface area contributed by atoms with E-state index < -0.39 is 12.1 Å². The Bertz CT molecular complexity index is 813. The third-order valence-electron chi connectivity index (χ3n) is 3.80. The maximum Gasteiger partial charge on any atom is 0.319 e. The molecule has 0 bridgehead atoms. The van der Waals surface area contributed by atoms with E-state index in [0.717, 1.165) is 5.56 Å². The van der Waals surface area contributed by atoms with Crippen LogP contribution in [0.3, 0.4) is 0 Å². The maximum absolute atomic E-state index is 12.1. The summed E-state index contributed by atoms with van der Waals surface area (Å²) >= 11 is 5.92. The largest absolute Gasteiger partial charge is 0.495 e. The summed E-state index contributed by atoms with van der Waals surface area (Å²) in [6, 6.07) is 11.4. The number of hydrogen-bond donors (Lipinski definition) is 4. The summed E-state index contributed by atoms with van der Waals surface area (Å²) in [7, 11) is 2.98. The van der Waals surface area contributed by atoms with Crippen LogP contribution in [-0.2, 0) is 6.42 Å². The van der Waals surface area contributed by atoms with E-state index in [2.05, 4.69) is 16.0 Å². The molecule has 0 spiro atoms. The zero-order valence-corrected chi connectivity index (χ0v) is 15.8. The van der Waals surface area contributed by atoms with Gasteiger partial charge in [-0.3, -0.25) is 4.79 Å². The number of carbonyl (C=O) groups excluding carboxylic acids is 2. The number of ether oxygens (including phenoxy) is 1. The Morgan fingerprint density at radius 2 is 2.00 bits per heavy atom. The lowest BCUT2D eigenvalue weighted by Gasteiger charge is -2.15. The smallest absolute Gasteiger partial charge is 0.319 e. The zero-order chi connectivity index (χ0) is 19.8. The van der Waals surface area contributed by atoms with E-state index in [1.807, 2.05) is 6.07 Å². The summed E-state index contributed by atoms with van der Waals surface area (Å²) in [6.07, 6.45) is -0.392. The van der Waals surface area contributed by atoms with E-state index in [4.69, 9.17) is 16.3 Å². The minimum Gasteiger partial charge on any atom is -0.495 e. The van der Waals surface area contributed by atoms with Crippen LogP contribution in [0.15, 0.2) is 42.5 Å². The number of hydrogen-bond acceptors (Lipinski definition) is 4. The molecule has 0 heterocycles. The molecule has 0 aliphatic carbocycles. The molecule has 0 fully saturated rings. The van der Waals surface area contributed by atoms with Crippen molar-refractivity contribution >= 4 is 29.2 Å². The number of nitrogens with one attached hydrogen (secondary N) is 3. The van der Waals surface area contributed by atoms with Gasteiger partial charge in [-0.1, -0.05) is 23.7 Å². The van der Waals surface area contributed by atoms with E-state index in [-0.39, 0.29) is 12.5 Å². The summed E-state index contributed by atoms with van der Waals surface area (Å²) in [6.45, 7) is 0.0665. The number of anilines is 1. The fourth-order valence-corrected chi connectivity index (χ4v) is 2.68. The molecule has 1 atom stereocenters. The predicted octanol–water partition coefficient (Wildman–Crippen LogP) is 2.43. The SMILES string of the molecule is CNC(=O)c1ccc(NC(=O)NCC(O)Cc2cccc(Cl)c2)c(OC)c1. The second-order valence-corrected chi connectivity index (χ2v) is 6.25. The van der Waals surface area contributed by atoms with Gasteiger partial charge < -0.3 is 25.8 Å². The molecule has 0 aliphatic rings. The zero-order valence-electron chi connectivity index (χ0n) is 15.1. The van der Waals surface area contributed by atoms with Gasteiger partial charge in [-0.05, 0) is 35.9 Å². The van der Waals surface area contributed by atoms with Crippen LogP contribution in [0, 0.1) is 0 Å². The molecule has 2 aromatic carbocycles. The third-order valence-corrected chi connectivity index (χ3v) is 4.03. The first-order chi connectivity index (χ1) is 12.9. The molecule has 0 saturated heterocycles. The average molecular weight is 392 g/mol. The molecule has 144 valence electrons. The molecule has 7 nitrogen and oxygen atoms in total. The van der Waals surface area contributed by atoms with Crippen LogP contribution in [0.1, 0.15) is 15.9 Å². The van der Waals surface area contributed by atoms with Crippen molar-refractivity contribution in [3.63, 3.8) is 0 Å². The second kappa shape index (κ2) is 9.80. The summed E-state index contributed by atoms with van der Waals surface area (Å²) in [5, 5.41) is 18.4. The van der Waals surface area contributed by atoms with Crippen LogP contribution in [0.5, 0.6) is 5.75 Å². The first-order valence-electron chi connectivity index (χ1n) is 8.30. The summed E-state index contributed by atoms with van der Waals surface area (Å²) in [4.78, 5) is 23.7. The number of aliphatic hydroxyl groups excluding tert-OH is 1. The average Bonchev–Trinajstić information content (AvgIpc) is 2.66. The van der Waals surface area contributed by atoms with E-state index in [0.29, 0.717) is 28.4 Å². The number of aliphatic hydroxyl groups is 1. The molecule has 27 heavy (non-hydrogen) atoms. The lowest BCUT2D eigenvalue weighted by Crippen LogP contribution is -2.36. The number of urea groups is 1. The van der Waals surface area contributed by atoms with Crippen molar-refractivity contribution in [2.45, 2.75) is 12.5 Å². The highest BCUT2D eigenvalue weighted by atomic mass is 35.5. The number of benzene rings is 2. The Kier molecular flexibility index (Phi) is 7.45. The van der Waals surface area contributed by atoms with Gasteiger partial charge in [0.25, 0.3) is 5.91 Å². The first kappa shape index (κ1) is 20.5. The van der Waals surface area contributed by atoms with Crippen molar-refractivity contribution in [2.24, 2.45) is 0 Å². The van der Waals surface area contributed by atoms with Gasteiger partial charge in [0.2, 0.25) is 0 Å². The van der Waals surface area contributed by atoms with Crippen LogP contribution in [-0.4, -0.2) is 43.9 Å². The Hall–Kier alpha value is -2.77. The van der Waals surface area contributed by atoms with Gasteiger partial charge in [0.1, 0.15) is 5.75 Å². The van der Waals surface area contributed by atoms with Gasteiger partial charge in [0, 0.05) is 30.6 Å². The molecule has 3 amide bonds. The van der Waals surface area contributed by atoms with E-state index in [1.54, 1.807) is 30.3 Å². The van der Waals surface area contributed by atoms with Crippen LogP contribution in [0.2, 0.25) is 5.02 Å². The Balaban J connectivity index is 1.90. The number of rotatable bonds is 7. The topological polar surface area (TPSA) is 99.7 Å². The van der Waals surface area contributed by atoms with E-state index in [9.17, 15) is 14.7 Å². The predicted molar refractivity (Wildman–Crippen MR) is 105 cm³/mol. The maximum atomic E-state index is 12.1. The normalized spacial score (nSPS) is 11.4. The molecule has 0 radical (unpaired) electrons. The molecule has 8 heteroatoms. The Labute approximate surface area is 162 Å². The van der Waals surface area contributed by atoms with Crippen LogP contribution >= 0.6 is 11.6 Å². The van der Waals surface area contributed by atoms with Crippen LogP contribution in [0.25, 0.3) is 0 Å². The van der Waals surface area contributed by atoms with Crippen molar-refractivity contribution in [3.05, 3.63) is 58.6 Å². The van der Waals surface area contributed by atoms with Gasteiger partial charge >= 0.3 is 6.03 Å². The minimum absolute atomic E-state index is 0.0665. The minimum atomic E-state index is -0.758. The molecule has 0 aliphatic heterocycles. The van der Waals surface area contributed by atoms with Gasteiger partial charge in [-0.25, -0.2) is 4.79 Å². The summed E-state index contributed by atoms with van der Waals surface area (Å²) < 4.78 is 5.21. The van der Waals surface area contributed by atoms with Gasteiger partial charge in [-0.2, -0.15) is 0 Å². The molecule has 2 rings (SSSR count). The quantitative estimate of drug-likeness (QED) is 0.582. The monoisotopic (exact) mass is 391 g/mol. The van der Waals surface area contributed by atoms with E-state index in [1.165, 1.54) is 20.2 Å². The number of halogens is 1. The van der Waals surface area contributed by atoms with Crippen molar-refractivity contribution < 1.29 is 19.4 Å². The van der Waals surface area contributed by atoms with Crippen molar-refractivity contribution in [1.29, 1.82) is 0 Å². The lowest BCUT2D eigenvalue weighted by molar-refractivity contribution is 0.0962. The molecule has 1 unspecified atom stereocenters. The highest BCUT2D eigenvalue weighted by Gasteiger charge is 2.13. The standard InChI is InChI=1S/C19H22ClN3O4/c1-21-18(25)13-6-7-16(17(10-13)27-2)23-19(26)22-11-15(24)9-12-4-3-5-14(20)8-12/h3-8,10,15,24H,9,11H2,1-2H3,(H,21,25)(H2,22,23,26). The lowest BCUT2D eigenvalue weighted by atomic mass is 10.1. The van der Waals surface area contributed by atoms with Crippen molar-refractivity contribution in [3.8, 4) is 5.75 Å². The van der Waals surface area contributed by atoms with Crippen molar-refractivity contribution in [1.82, 2.24) is 10.6 Å². The molecule has 0 saturated carbocycles. The van der Waals surface area contributed by atoms with Crippen LogP contribution < -0.4 is 20.7 Å². The Morgan fingerprint density at radius 3 is 2.67 bits per heavy atom. The molecule has 0 aromatic heterocycles. The highest BCUT2D eigenvalue weighted by Crippen LogP contribution is 2.25. The second-order valence-electron chi connectivity index (χ2n) is 5.82. The fraction of sp³-hybridized carbons (Fsp3) is 0.263. The molecular weight excluding hydrogens is 370 g/mol. The van der Waals surface area contributed by atoms with Crippen molar-refractivity contribution in [2.75, 3.05) is 26.0 Å². The number of methoxy groups -OCH3 is 1. The van der Waals surface area contributed by atoms with Gasteiger partial charge in [0.15, 0.2) is 0 Å². The van der Waals surface area contributed by atoms with Gasteiger partial charge in [0.05, 0.1) is 18.9 Å². The number of amides is 3. The first-order valence-corrected chi connectivity index (χ1v) is 8.68. The van der Waals surface area contributed by atoms with Crippen LogP contribution in [0.4, 0.5) is 10.5 Å². The van der Waals surface area contributed by atoms with E-state index >= 15 is 0 Å². The highest BCUT2D eigenvalue weighted by molar-refractivity contribution is 6.30. The third kappa shape index (κ3) is 6.16. The Morgan fingerprint density at radius 1 is 1.22 bits per heavy atom. The molecule has 4 N–H and O–H groups in total. The van der Waals surface area contributed by atoms with Gasteiger partial charge in [-0.15, -0.1) is 0 Å². The molecule has 2 aromatic rings. The fourth-order valence-electron chi connectivity index (χ4n) is 2.47. The molecular formula is C19H22ClN3O4. The summed E-state index contributed by atoms with van der Waals surface area (Å²) in [5.41, 5.74) is 1.70.